The quantitative estimate of drug-likeness (QED) is 0.468. The van der Waals surface area contributed by atoms with Crippen LogP contribution in [0.25, 0.3) is 11.4 Å². The predicted octanol–water partition coefficient (Wildman–Crippen LogP) is 3.06. The minimum Gasteiger partial charge on any atom is -0.352 e. The first-order chi connectivity index (χ1) is 14.5. The molecule has 1 fully saturated rings. The van der Waals surface area contributed by atoms with Gasteiger partial charge in [-0.3, -0.25) is 19.9 Å². The van der Waals surface area contributed by atoms with Crippen molar-refractivity contribution >= 4 is 29.0 Å². The molecule has 0 spiro atoms. The topological polar surface area (TPSA) is 105 Å². The highest BCUT2D eigenvalue weighted by Crippen LogP contribution is 2.24. The summed E-state index contributed by atoms with van der Waals surface area (Å²) in [5.41, 5.74) is 1.41. The number of piperazine rings is 1. The smallest absolute Gasteiger partial charge is 0.270 e. The normalized spacial score (nSPS) is 13.9. The first-order valence-corrected chi connectivity index (χ1v) is 9.64. The maximum Gasteiger partial charge on any atom is 0.270 e. The Morgan fingerprint density at radius 1 is 1.00 bits per heavy atom. The summed E-state index contributed by atoms with van der Waals surface area (Å²) in [6.45, 7) is 2.02. The highest BCUT2D eigenvalue weighted by Gasteiger charge is 2.26. The number of rotatable bonds is 4. The van der Waals surface area contributed by atoms with Crippen molar-refractivity contribution in [1.29, 1.82) is 0 Å². The van der Waals surface area contributed by atoms with Crippen molar-refractivity contribution in [1.82, 2.24) is 20.1 Å². The highest BCUT2D eigenvalue weighted by molar-refractivity contribution is 6.33. The van der Waals surface area contributed by atoms with Crippen LogP contribution < -0.4 is 4.90 Å². The van der Waals surface area contributed by atoms with Gasteiger partial charge >= 0.3 is 0 Å². The summed E-state index contributed by atoms with van der Waals surface area (Å²) in [5, 5.41) is 19.7. The number of nitro benzene ring substituents is 1. The number of hydrogen-bond donors (Lipinski definition) is 0. The van der Waals surface area contributed by atoms with Gasteiger partial charge in [0, 0.05) is 44.5 Å². The van der Waals surface area contributed by atoms with Gasteiger partial charge in [-0.2, -0.15) is 0 Å². The van der Waals surface area contributed by atoms with Gasteiger partial charge in [-0.05, 0) is 30.3 Å². The number of carbonyl (C=O) groups excluding carboxylic acids is 1. The molecule has 0 unspecified atom stereocenters. The molecule has 0 saturated carbocycles. The molecule has 30 heavy (non-hydrogen) atoms. The molecule has 1 aliphatic heterocycles. The molecule has 2 aromatic heterocycles. The van der Waals surface area contributed by atoms with Crippen LogP contribution >= 0.6 is 11.6 Å². The fourth-order valence-corrected chi connectivity index (χ4v) is 3.44. The Bertz CT molecular complexity index is 1070. The molecule has 0 aliphatic carbocycles. The van der Waals surface area contributed by atoms with E-state index in [1.807, 2.05) is 35.2 Å². The van der Waals surface area contributed by atoms with Gasteiger partial charge in [0.05, 0.1) is 21.2 Å². The van der Waals surface area contributed by atoms with E-state index in [-0.39, 0.29) is 22.2 Å². The number of amides is 1. The van der Waals surface area contributed by atoms with Gasteiger partial charge in [-0.15, -0.1) is 10.2 Å². The zero-order valence-electron chi connectivity index (χ0n) is 15.8. The molecule has 1 aliphatic rings. The summed E-state index contributed by atoms with van der Waals surface area (Å²) in [5.74, 6) is 0.398. The average molecular weight is 425 g/mol. The van der Waals surface area contributed by atoms with Crippen molar-refractivity contribution in [3.8, 4) is 11.4 Å². The molecular weight excluding hydrogens is 408 g/mol. The van der Waals surface area contributed by atoms with Crippen LogP contribution in [0, 0.1) is 10.1 Å². The number of carbonyl (C=O) groups is 1. The molecule has 0 atom stereocenters. The van der Waals surface area contributed by atoms with E-state index in [9.17, 15) is 14.9 Å². The van der Waals surface area contributed by atoms with E-state index in [4.69, 9.17) is 11.6 Å². The van der Waals surface area contributed by atoms with Crippen LogP contribution in [0.15, 0.2) is 54.7 Å². The number of anilines is 1. The van der Waals surface area contributed by atoms with Crippen molar-refractivity contribution in [3.05, 3.63) is 75.4 Å². The van der Waals surface area contributed by atoms with Gasteiger partial charge in [0.1, 0.15) is 5.69 Å². The SMILES string of the molecule is O=C(c1cc([N+](=O)[O-])ccc1Cl)N1CCN(c2ccc(-c3ccccn3)nn2)CC1. The zero-order chi connectivity index (χ0) is 21.1. The van der Waals surface area contributed by atoms with E-state index in [1.54, 1.807) is 11.1 Å². The van der Waals surface area contributed by atoms with E-state index in [1.165, 1.54) is 18.2 Å². The van der Waals surface area contributed by atoms with Crippen LogP contribution in [0.1, 0.15) is 10.4 Å². The largest absolute Gasteiger partial charge is 0.352 e. The third-order valence-corrected chi connectivity index (χ3v) is 5.19. The third-order valence-electron chi connectivity index (χ3n) is 4.86. The number of benzene rings is 1. The summed E-state index contributed by atoms with van der Waals surface area (Å²) in [4.78, 5) is 31.2. The summed E-state index contributed by atoms with van der Waals surface area (Å²) in [7, 11) is 0. The number of nitrogens with zero attached hydrogens (tertiary/aromatic N) is 6. The molecule has 3 aromatic rings. The Morgan fingerprint density at radius 3 is 2.43 bits per heavy atom. The van der Waals surface area contributed by atoms with Crippen LogP contribution in [0.3, 0.4) is 0 Å². The van der Waals surface area contributed by atoms with Gasteiger partial charge < -0.3 is 9.80 Å². The van der Waals surface area contributed by atoms with Gasteiger partial charge in [0.2, 0.25) is 0 Å². The van der Waals surface area contributed by atoms with Crippen LogP contribution in [-0.4, -0.2) is 57.1 Å². The van der Waals surface area contributed by atoms with Gasteiger partial charge in [-0.25, -0.2) is 0 Å². The van der Waals surface area contributed by atoms with Crippen molar-refractivity contribution in [3.63, 3.8) is 0 Å². The first-order valence-electron chi connectivity index (χ1n) is 9.26. The van der Waals surface area contributed by atoms with Crippen molar-refractivity contribution in [2.24, 2.45) is 0 Å². The molecule has 1 amide bonds. The van der Waals surface area contributed by atoms with Crippen LogP contribution in [0.4, 0.5) is 11.5 Å². The summed E-state index contributed by atoms with van der Waals surface area (Å²) >= 11 is 6.10. The van der Waals surface area contributed by atoms with E-state index in [2.05, 4.69) is 15.2 Å². The van der Waals surface area contributed by atoms with E-state index in [0.717, 1.165) is 11.5 Å². The number of non-ortho nitro benzene ring substituents is 1. The van der Waals surface area contributed by atoms with E-state index < -0.39 is 4.92 Å². The lowest BCUT2D eigenvalue weighted by atomic mass is 10.1. The molecule has 0 radical (unpaired) electrons. The summed E-state index contributed by atoms with van der Waals surface area (Å²) in [6, 6.07) is 13.2. The number of halogens is 1. The lowest BCUT2D eigenvalue weighted by molar-refractivity contribution is -0.384. The van der Waals surface area contributed by atoms with Crippen LogP contribution in [-0.2, 0) is 0 Å². The molecule has 0 bridgehead atoms. The number of hydrogen-bond acceptors (Lipinski definition) is 7. The molecule has 1 aromatic carbocycles. The van der Waals surface area contributed by atoms with Gasteiger partial charge in [-0.1, -0.05) is 17.7 Å². The van der Waals surface area contributed by atoms with Crippen molar-refractivity contribution in [2.75, 3.05) is 31.1 Å². The lowest BCUT2D eigenvalue weighted by Crippen LogP contribution is -2.49. The minimum atomic E-state index is -0.543. The second-order valence-electron chi connectivity index (χ2n) is 6.69. The first kappa shape index (κ1) is 19.7. The van der Waals surface area contributed by atoms with Crippen LogP contribution in [0.2, 0.25) is 5.02 Å². The highest BCUT2D eigenvalue weighted by atomic mass is 35.5. The Balaban J connectivity index is 1.42. The maximum atomic E-state index is 12.8. The molecule has 10 heteroatoms. The third kappa shape index (κ3) is 4.06. The fraction of sp³-hybridized carbons (Fsp3) is 0.200. The fourth-order valence-electron chi connectivity index (χ4n) is 3.24. The Morgan fingerprint density at radius 2 is 1.80 bits per heavy atom. The molecule has 152 valence electrons. The Labute approximate surface area is 177 Å². The molecule has 3 heterocycles. The number of aromatic nitrogens is 3. The molecular formula is C20H17ClN6O3. The van der Waals surface area contributed by atoms with E-state index >= 15 is 0 Å². The Kier molecular flexibility index (Phi) is 5.53. The molecule has 4 rings (SSSR count). The van der Waals surface area contributed by atoms with Crippen LogP contribution in [0.5, 0.6) is 0 Å². The number of nitro groups is 1. The maximum absolute atomic E-state index is 12.8. The average Bonchev–Trinajstić information content (AvgIpc) is 2.79. The van der Waals surface area contributed by atoms with Crippen molar-refractivity contribution < 1.29 is 9.72 Å². The number of pyridine rings is 1. The summed E-state index contributed by atoms with van der Waals surface area (Å²) in [6.07, 6.45) is 1.70. The second kappa shape index (κ2) is 8.42. The standard InChI is InChI=1S/C20H17ClN6O3/c21-16-5-4-14(27(29)30)13-15(16)20(28)26-11-9-25(10-12-26)19-7-6-18(23-24-19)17-3-1-2-8-22-17/h1-8,13H,9-12H2. The molecule has 0 N–H and O–H groups in total. The molecule has 1 saturated heterocycles. The Hall–Kier alpha value is -3.59. The predicted molar refractivity (Wildman–Crippen MR) is 111 cm³/mol. The molecule has 9 nitrogen and oxygen atoms in total. The minimum absolute atomic E-state index is 0.138. The van der Waals surface area contributed by atoms with Gasteiger partial charge in [0.25, 0.3) is 11.6 Å². The zero-order valence-corrected chi connectivity index (χ0v) is 16.6. The summed E-state index contributed by atoms with van der Waals surface area (Å²) < 4.78 is 0. The van der Waals surface area contributed by atoms with Gasteiger partial charge in [0.15, 0.2) is 5.82 Å². The van der Waals surface area contributed by atoms with E-state index in [0.29, 0.717) is 31.9 Å². The lowest BCUT2D eigenvalue weighted by Gasteiger charge is -2.35. The second-order valence-corrected chi connectivity index (χ2v) is 7.10. The van der Waals surface area contributed by atoms with Crippen molar-refractivity contribution in [2.45, 2.75) is 0 Å². The monoisotopic (exact) mass is 424 g/mol.